The highest BCUT2D eigenvalue weighted by atomic mass is 19.1. The van der Waals surface area contributed by atoms with E-state index in [1.807, 2.05) is 4.90 Å². The van der Waals surface area contributed by atoms with Crippen LogP contribution >= 0.6 is 0 Å². The highest BCUT2D eigenvalue weighted by Gasteiger charge is 2.26. The van der Waals surface area contributed by atoms with Crippen LogP contribution in [0.1, 0.15) is 30.6 Å². The number of hydrogen-bond donors (Lipinski definition) is 0. The van der Waals surface area contributed by atoms with Crippen LogP contribution in [-0.4, -0.2) is 28.9 Å². The summed E-state index contributed by atoms with van der Waals surface area (Å²) in [5.74, 6) is 0.574. The second kappa shape index (κ2) is 4.82. The van der Waals surface area contributed by atoms with Gasteiger partial charge in [-0.05, 0) is 30.4 Å². The summed E-state index contributed by atoms with van der Waals surface area (Å²) in [5.41, 5.74) is 0.466. The third-order valence-corrected chi connectivity index (χ3v) is 3.60. The Morgan fingerprint density at radius 1 is 1.41 bits per heavy atom. The molecule has 0 aromatic carbocycles. The van der Waals surface area contributed by atoms with Gasteiger partial charge in [0.2, 0.25) is 5.95 Å². The van der Waals surface area contributed by atoms with Gasteiger partial charge < -0.3 is 4.90 Å². The lowest BCUT2D eigenvalue weighted by Gasteiger charge is -2.35. The van der Waals surface area contributed by atoms with Gasteiger partial charge in [0.25, 0.3) is 5.91 Å². The van der Waals surface area contributed by atoms with Crippen molar-refractivity contribution in [2.75, 3.05) is 13.1 Å². The van der Waals surface area contributed by atoms with Crippen molar-refractivity contribution in [2.45, 2.75) is 20.3 Å². The van der Waals surface area contributed by atoms with Gasteiger partial charge in [-0.2, -0.15) is 4.39 Å². The maximum atomic E-state index is 12.7. The van der Waals surface area contributed by atoms with E-state index in [-0.39, 0.29) is 5.91 Å². The Morgan fingerprint density at radius 2 is 2.18 bits per heavy atom. The molecule has 1 saturated heterocycles. The Kier molecular flexibility index (Phi) is 3.41. The van der Waals surface area contributed by atoms with Crippen molar-refractivity contribution in [1.82, 2.24) is 9.88 Å². The molecule has 17 heavy (non-hydrogen) atoms. The van der Waals surface area contributed by atoms with Crippen LogP contribution in [0.4, 0.5) is 4.39 Å². The van der Waals surface area contributed by atoms with Gasteiger partial charge in [0.15, 0.2) is 0 Å². The molecule has 92 valence electrons. The molecule has 1 aliphatic rings. The summed E-state index contributed by atoms with van der Waals surface area (Å²) in [6.45, 7) is 5.93. The molecule has 0 N–H and O–H groups in total. The molecular formula is C13H17FN2O. The minimum absolute atomic E-state index is 0.0451. The Labute approximate surface area is 101 Å². The first-order valence-corrected chi connectivity index (χ1v) is 5.98. The first kappa shape index (κ1) is 12.0. The van der Waals surface area contributed by atoms with Crippen LogP contribution in [0.5, 0.6) is 0 Å². The highest BCUT2D eigenvalue weighted by molar-refractivity contribution is 5.93. The number of nitrogens with zero attached hydrogens (tertiary/aromatic N) is 2. The van der Waals surface area contributed by atoms with Crippen molar-refractivity contribution in [3.05, 3.63) is 29.8 Å². The lowest BCUT2D eigenvalue weighted by atomic mass is 9.88. The number of carbonyl (C=O) groups excluding carboxylic acids is 1. The highest BCUT2D eigenvalue weighted by Crippen LogP contribution is 2.23. The maximum Gasteiger partial charge on any atom is 0.255 e. The van der Waals surface area contributed by atoms with Crippen LogP contribution in [0.15, 0.2) is 18.3 Å². The maximum absolute atomic E-state index is 12.7. The largest absolute Gasteiger partial charge is 0.338 e. The van der Waals surface area contributed by atoms with E-state index in [0.29, 0.717) is 17.4 Å². The lowest BCUT2D eigenvalue weighted by molar-refractivity contribution is 0.0627. The first-order valence-electron chi connectivity index (χ1n) is 5.98. The van der Waals surface area contributed by atoms with Crippen molar-refractivity contribution in [2.24, 2.45) is 11.8 Å². The van der Waals surface area contributed by atoms with Gasteiger partial charge in [-0.25, -0.2) is 4.98 Å². The van der Waals surface area contributed by atoms with Crippen LogP contribution in [-0.2, 0) is 0 Å². The van der Waals surface area contributed by atoms with Gasteiger partial charge in [-0.1, -0.05) is 13.8 Å². The summed E-state index contributed by atoms with van der Waals surface area (Å²) in [4.78, 5) is 17.5. The molecule has 3 nitrogen and oxygen atoms in total. The van der Waals surface area contributed by atoms with Crippen molar-refractivity contribution in [1.29, 1.82) is 0 Å². The standard InChI is InChI=1S/C13H17FN2O/c1-9-5-6-16(8-10(9)2)13(17)11-3-4-12(14)15-7-11/h3-4,7,9-10H,5-6,8H2,1-2H3. The smallest absolute Gasteiger partial charge is 0.255 e. The zero-order chi connectivity index (χ0) is 12.4. The second-order valence-electron chi connectivity index (χ2n) is 4.86. The van der Waals surface area contributed by atoms with Gasteiger partial charge >= 0.3 is 0 Å². The van der Waals surface area contributed by atoms with E-state index in [4.69, 9.17) is 0 Å². The Balaban J connectivity index is 2.08. The van der Waals surface area contributed by atoms with Gasteiger partial charge in [-0.3, -0.25) is 4.79 Å². The van der Waals surface area contributed by atoms with E-state index in [1.54, 1.807) is 0 Å². The number of piperidine rings is 1. The zero-order valence-electron chi connectivity index (χ0n) is 10.2. The van der Waals surface area contributed by atoms with E-state index in [0.717, 1.165) is 19.5 Å². The van der Waals surface area contributed by atoms with Gasteiger partial charge in [0, 0.05) is 19.3 Å². The molecule has 0 saturated carbocycles. The molecule has 0 bridgehead atoms. The first-order chi connectivity index (χ1) is 8.08. The number of carbonyl (C=O) groups is 1. The summed E-state index contributed by atoms with van der Waals surface area (Å²) in [7, 11) is 0. The van der Waals surface area contributed by atoms with Crippen LogP contribution in [0.3, 0.4) is 0 Å². The minimum atomic E-state index is -0.554. The van der Waals surface area contributed by atoms with E-state index < -0.39 is 5.95 Å². The number of halogens is 1. The molecule has 2 heterocycles. The average molecular weight is 236 g/mol. The number of likely N-dealkylation sites (tertiary alicyclic amines) is 1. The Bertz CT molecular complexity index is 404. The monoisotopic (exact) mass is 236 g/mol. The summed E-state index contributed by atoms with van der Waals surface area (Å²) in [6, 6.07) is 2.72. The van der Waals surface area contributed by atoms with Gasteiger partial charge in [0.1, 0.15) is 0 Å². The molecular weight excluding hydrogens is 219 g/mol. The number of hydrogen-bond acceptors (Lipinski definition) is 2. The molecule has 2 unspecified atom stereocenters. The quantitative estimate of drug-likeness (QED) is 0.701. The fourth-order valence-corrected chi connectivity index (χ4v) is 2.13. The van der Waals surface area contributed by atoms with E-state index in [2.05, 4.69) is 18.8 Å². The minimum Gasteiger partial charge on any atom is -0.338 e. The van der Waals surface area contributed by atoms with Gasteiger partial charge in [-0.15, -0.1) is 0 Å². The van der Waals surface area contributed by atoms with E-state index >= 15 is 0 Å². The molecule has 0 radical (unpaired) electrons. The summed E-state index contributed by atoms with van der Waals surface area (Å²) < 4.78 is 12.7. The molecule has 1 aromatic heterocycles. The predicted molar refractivity (Wildman–Crippen MR) is 63.0 cm³/mol. The molecule has 1 aliphatic heterocycles. The van der Waals surface area contributed by atoms with Gasteiger partial charge in [0.05, 0.1) is 5.56 Å². The molecule has 1 amide bonds. The SMILES string of the molecule is CC1CCN(C(=O)c2ccc(F)nc2)CC1C. The van der Waals surface area contributed by atoms with Crippen molar-refractivity contribution >= 4 is 5.91 Å². The third-order valence-electron chi connectivity index (χ3n) is 3.60. The van der Waals surface area contributed by atoms with Crippen LogP contribution in [0.25, 0.3) is 0 Å². The Morgan fingerprint density at radius 3 is 2.76 bits per heavy atom. The topological polar surface area (TPSA) is 33.2 Å². The number of amides is 1. The predicted octanol–water partition coefficient (Wildman–Crippen LogP) is 2.34. The molecule has 0 spiro atoms. The number of aromatic nitrogens is 1. The van der Waals surface area contributed by atoms with E-state index in [9.17, 15) is 9.18 Å². The molecule has 4 heteroatoms. The number of rotatable bonds is 1. The summed E-state index contributed by atoms with van der Waals surface area (Å²) >= 11 is 0. The van der Waals surface area contributed by atoms with E-state index in [1.165, 1.54) is 18.3 Å². The number of pyridine rings is 1. The summed E-state index contributed by atoms with van der Waals surface area (Å²) in [6.07, 6.45) is 2.34. The molecule has 2 rings (SSSR count). The zero-order valence-corrected chi connectivity index (χ0v) is 10.2. The summed E-state index contributed by atoms with van der Waals surface area (Å²) in [5, 5.41) is 0. The van der Waals surface area contributed by atoms with Crippen molar-refractivity contribution in [3.63, 3.8) is 0 Å². The average Bonchev–Trinajstić information content (AvgIpc) is 2.33. The normalized spacial score (nSPS) is 24.8. The Hall–Kier alpha value is -1.45. The van der Waals surface area contributed by atoms with Crippen molar-refractivity contribution < 1.29 is 9.18 Å². The van der Waals surface area contributed by atoms with Crippen LogP contribution in [0, 0.1) is 17.8 Å². The molecule has 1 aromatic rings. The molecule has 1 fully saturated rings. The molecule has 2 atom stereocenters. The second-order valence-corrected chi connectivity index (χ2v) is 4.86. The lowest BCUT2D eigenvalue weighted by Crippen LogP contribution is -2.42. The van der Waals surface area contributed by atoms with Crippen LogP contribution in [0.2, 0.25) is 0 Å². The van der Waals surface area contributed by atoms with Crippen LogP contribution < -0.4 is 0 Å². The van der Waals surface area contributed by atoms with Crippen molar-refractivity contribution in [3.8, 4) is 0 Å². The molecule has 0 aliphatic carbocycles. The fraction of sp³-hybridized carbons (Fsp3) is 0.538. The fourth-order valence-electron chi connectivity index (χ4n) is 2.13. The third kappa shape index (κ3) is 2.62.